The number of hydrogen-bond acceptors (Lipinski definition) is 2. The largest absolute Gasteiger partial charge is 0.390 e. The fraction of sp³-hybridized carbons (Fsp3) is 0.182. The smallest absolute Gasteiger partial charge is 0.0843 e. The van der Waals surface area contributed by atoms with Crippen LogP contribution >= 0.6 is 23.2 Å². The van der Waals surface area contributed by atoms with Gasteiger partial charge in [-0.25, -0.2) is 0 Å². The molecule has 0 aliphatic heterocycles. The quantitative estimate of drug-likeness (QED) is 0.465. The first-order valence-corrected chi connectivity index (χ1v) is 9.67. The predicted octanol–water partition coefficient (Wildman–Crippen LogP) is 5.25. The summed E-state index contributed by atoms with van der Waals surface area (Å²) in [5, 5.41) is 17.4. The highest BCUT2D eigenvalue weighted by molar-refractivity contribution is 6.33. The third kappa shape index (κ3) is 3.97. The molecule has 0 fully saturated rings. The molecular weight excluding hydrogens is 379 g/mol. The molecule has 0 bridgehead atoms. The standard InChI is InChI=1S/C22H20Cl2N2O/c23-16-6-8-21-19(10-16)20-11-17(24)7-9-22(20)26(21)14-18(27)13-25-12-15-4-2-1-3-5-15/h1-11,18,25,27H,12-14H2/t18-/m1/s1. The molecule has 0 spiro atoms. The van der Waals surface area contributed by atoms with Crippen LogP contribution in [0.2, 0.25) is 10.0 Å². The fourth-order valence-corrected chi connectivity index (χ4v) is 3.84. The van der Waals surface area contributed by atoms with Gasteiger partial charge in [0.25, 0.3) is 0 Å². The van der Waals surface area contributed by atoms with Crippen molar-refractivity contribution in [1.82, 2.24) is 9.88 Å². The molecule has 3 aromatic carbocycles. The van der Waals surface area contributed by atoms with Gasteiger partial charge in [0, 0.05) is 44.9 Å². The number of aromatic nitrogens is 1. The number of nitrogens with one attached hydrogen (secondary N) is 1. The summed E-state index contributed by atoms with van der Waals surface area (Å²) in [6.07, 6.45) is -0.515. The van der Waals surface area contributed by atoms with E-state index >= 15 is 0 Å². The lowest BCUT2D eigenvalue weighted by Gasteiger charge is -2.15. The van der Waals surface area contributed by atoms with Crippen LogP contribution in [-0.4, -0.2) is 22.3 Å². The van der Waals surface area contributed by atoms with Crippen molar-refractivity contribution in [1.29, 1.82) is 0 Å². The van der Waals surface area contributed by atoms with Crippen molar-refractivity contribution in [3.8, 4) is 0 Å². The molecule has 3 nitrogen and oxygen atoms in total. The lowest BCUT2D eigenvalue weighted by molar-refractivity contribution is 0.154. The fourth-order valence-electron chi connectivity index (χ4n) is 3.50. The lowest BCUT2D eigenvalue weighted by Crippen LogP contribution is -2.29. The molecule has 0 amide bonds. The Morgan fingerprint density at radius 1 is 0.852 bits per heavy atom. The first-order chi connectivity index (χ1) is 13.1. The zero-order chi connectivity index (χ0) is 18.8. The highest BCUT2D eigenvalue weighted by atomic mass is 35.5. The number of fused-ring (bicyclic) bond motifs is 3. The Balaban J connectivity index is 1.57. The second-order valence-electron chi connectivity index (χ2n) is 6.70. The van der Waals surface area contributed by atoms with Gasteiger partial charge in [-0.05, 0) is 42.0 Å². The van der Waals surface area contributed by atoms with E-state index in [0.717, 1.165) is 28.4 Å². The summed E-state index contributed by atoms with van der Waals surface area (Å²) in [5.41, 5.74) is 3.28. The van der Waals surface area contributed by atoms with E-state index in [1.165, 1.54) is 5.56 Å². The molecular formula is C22H20Cl2N2O. The highest BCUT2D eigenvalue weighted by Crippen LogP contribution is 2.32. The van der Waals surface area contributed by atoms with Gasteiger partial charge >= 0.3 is 0 Å². The topological polar surface area (TPSA) is 37.2 Å². The van der Waals surface area contributed by atoms with Crippen molar-refractivity contribution >= 4 is 45.0 Å². The first kappa shape index (κ1) is 18.3. The van der Waals surface area contributed by atoms with Crippen LogP contribution < -0.4 is 5.32 Å². The zero-order valence-corrected chi connectivity index (χ0v) is 16.2. The zero-order valence-electron chi connectivity index (χ0n) is 14.7. The molecule has 4 aromatic rings. The molecule has 2 N–H and O–H groups in total. The van der Waals surface area contributed by atoms with Gasteiger partial charge in [0.05, 0.1) is 12.6 Å². The Morgan fingerprint density at radius 2 is 1.44 bits per heavy atom. The van der Waals surface area contributed by atoms with Crippen LogP contribution in [0.4, 0.5) is 0 Å². The first-order valence-electron chi connectivity index (χ1n) is 8.91. The van der Waals surface area contributed by atoms with Crippen LogP contribution in [0.3, 0.4) is 0 Å². The number of nitrogens with zero attached hydrogens (tertiary/aromatic N) is 1. The molecule has 1 atom stereocenters. The second-order valence-corrected chi connectivity index (χ2v) is 7.58. The molecule has 0 aliphatic carbocycles. The summed E-state index contributed by atoms with van der Waals surface area (Å²) in [6.45, 7) is 1.73. The maximum atomic E-state index is 10.6. The molecule has 0 unspecified atom stereocenters. The van der Waals surface area contributed by atoms with Crippen LogP contribution in [0.1, 0.15) is 5.56 Å². The van der Waals surface area contributed by atoms with E-state index in [4.69, 9.17) is 23.2 Å². The van der Waals surface area contributed by atoms with E-state index in [0.29, 0.717) is 23.1 Å². The number of benzene rings is 3. The molecule has 1 aromatic heterocycles. The Kier molecular flexibility index (Phi) is 5.37. The summed E-state index contributed by atoms with van der Waals surface area (Å²) in [6, 6.07) is 21.8. The summed E-state index contributed by atoms with van der Waals surface area (Å²) in [4.78, 5) is 0. The number of aliphatic hydroxyl groups excluding tert-OH is 1. The minimum atomic E-state index is -0.515. The molecule has 0 aliphatic rings. The van der Waals surface area contributed by atoms with Crippen LogP contribution in [0.15, 0.2) is 66.7 Å². The minimum absolute atomic E-state index is 0.491. The van der Waals surface area contributed by atoms with Crippen molar-refractivity contribution in [2.24, 2.45) is 0 Å². The van der Waals surface area contributed by atoms with Crippen molar-refractivity contribution in [3.63, 3.8) is 0 Å². The lowest BCUT2D eigenvalue weighted by atomic mass is 10.1. The van der Waals surface area contributed by atoms with Crippen molar-refractivity contribution in [3.05, 3.63) is 82.3 Å². The van der Waals surface area contributed by atoms with Gasteiger partial charge in [-0.2, -0.15) is 0 Å². The summed E-state index contributed by atoms with van der Waals surface area (Å²) in [7, 11) is 0. The van der Waals surface area contributed by atoms with Gasteiger partial charge in [0.2, 0.25) is 0 Å². The third-order valence-electron chi connectivity index (χ3n) is 4.73. The third-order valence-corrected chi connectivity index (χ3v) is 5.20. The highest BCUT2D eigenvalue weighted by Gasteiger charge is 2.14. The monoisotopic (exact) mass is 398 g/mol. The Hall–Kier alpha value is -2.04. The van der Waals surface area contributed by atoms with Gasteiger partial charge < -0.3 is 15.0 Å². The number of rotatable bonds is 6. The van der Waals surface area contributed by atoms with Crippen molar-refractivity contribution in [2.75, 3.05) is 6.54 Å². The Bertz CT molecular complexity index is 1020. The van der Waals surface area contributed by atoms with Gasteiger partial charge in [-0.15, -0.1) is 0 Å². The normalized spacial score (nSPS) is 12.7. The van der Waals surface area contributed by atoms with Crippen LogP contribution in [-0.2, 0) is 13.1 Å². The van der Waals surface area contributed by atoms with Crippen molar-refractivity contribution < 1.29 is 5.11 Å². The predicted molar refractivity (Wildman–Crippen MR) is 114 cm³/mol. The maximum Gasteiger partial charge on any atom is 0.0843 e. The molecule has 4 rings (SSSR count). The Morgan fingerprint density at radius 3 is 2.04 bits per heavy atom. The molecule has 0 radical (unpaired) electrons. The molecule has 138 valence electrons. The summed E-state index contributed by atoms with van der Waals surface area (Å²) >= 11 is 12.4. The number of aliphatic hydroxyl groups is 1. The molecule has 0 saturated heterocycles. The molecule has 27 heavy (non-hydrogen) atoms. The van der Waals surface area contributed by atoms with E-state index in [1.807, 2.05) is 54.6 Å². The second kappa shape index (κ2) is 7.91. The molecule has 1 heterocycles. The summed E-state index contributed by atoms with van der Waals surface area (Å²) in [5.74, 6) is 0. The average Bonchev–Trinajstić information content (AvgIpc) is 2.95. The van der Waals surface area contributed by atoms with Crippen LogP contribution in [0.25, 0.3) is 21.8 Å². The average molecular weight is 399 g/mol. The van der Waals surface area contributed by atoms with Crippen molar-refractivity contribution in [2.45, 2.75) is 19.2 Å². The van der Waals surface area contributed by atoms with E-state index < -0.39 is 6.10 Å². The van der Waals surface area contributed by atoms with E-state index in [9.17, 15) is 5.11 Å². The van der Waals surface area contributed by atoms with E-state index in [1.54, 1.807) is 0 Å². The van der Waals surface area contributed by atoms with E-state index in [-0.39, 0.29) is 0 Å². The van der Waals surface area contributed by atoms with Gasteiger partial charge in [-0.1, -0.05) is 53.5 Å². The van der Waals surface area contributed by atoms with E-state index in [2.05, 4.69) is 22.0 Å². The van der Waals surface area contributed by atoms with Gasteiger partial charge in [0.1, 0.15) is 0 Å². The van der Waals surface area contributed by atoms with Crippen LogP contribution in [0.5, 0.6) is 0 Å². The molecule has 0 saturated carbocycles. The minimum Gasteiger partial charge on any atom is -0.390 e. The van der Waals surface area contributed by atoms with Gasteiger partial charge in [0.15, 0.2) is 0 Å². The Labute approximate surface area is 168 Å². The SMILES string of the molecule is O[C@H](CNCc1ccccc1)Cn1c2ccc(Cl)cc2c2cc(Cl)ccc21. The maximum absolute atomic E-state index is 10.6. The van der Waals surface area contributed by atoms with Gasteiger partial charge in [-0.3, -0.25) is 0 Å². The molecule has 5 heteroatoms. The van der Waals surface area contributed by atoms with Crippen LogP contribution in [0, 0.1) is 0 Å². The number of hydrogen-bond donors (Lipinski definition) is 2. The number of halogens is 2. The summed E-state index contributed by atoms with van der Waals surface area (Å²) < 4.78 is 2.13.